The van der Waals surface area contributed by atoms with E-state index < -0.39 is 15.9 Å². The van der Waals surface area contributed by atoms with E-state index in [-0.39, 0.29) is 17.3 Å². The molecule has 2 N–H and O–H groups in total. The van der Waals surface area contributed by atoms with Gasteiger partial charge in [0, 0.05) is 6.54 Å². The summed E-state index contributed by atoms with van der Waals surface area (Å²) in [6.45, 7) is 1.54. The average molecular weight is 260 g/mol. The van der Waals surface area contributed by atoms with Crippen molar-refractivity contribution >= 4 is 32.0 Å². The van der Waals surface area contributed by atoms with E-state index in [2.05, 4.69) is 21.2 Å². The molecule has 0 bridgehead atoms. The summed E-state index contributed by atoms with van der Waals surface area (Å²) in [5.41, 5.74) is 0. The third-order valence-corrected chi connectivity index (χ3v) is 2.16. The maximum Gasteiger partial charge on any atom is 0.266 e. The highest BCUT2D eigenvalue weighted by atomic mass is 79.9. The van der Waals surface area contributed by atoms with Gasteiger partial charge in [0.1, 0.15) is 0 Å². The van der Waals surface area contributed by atoms with Crippen molar-refractivity contribution in [2.75, 3.05) is 12.3 Å². The molecule has 0 aliphatic heterocycles. The largest absolute Gasteiger partial charge is 0.354 e. The summed E-state index contributed by atoms with van der Waals surface area (Å²) < 4.78 is 28.6. The van der Waals surface area contributed by atoms with Crippen LogP contribution in [-0.2, 0) is 14.9 Å². The van der Waals surface area contributed by atoms with Crippen LogP contribution in [0.3, 0.4) is 0 Å². The molecule has 0 saturated carbocycles. The van der Waals surface area contributed by atoms with Crippen LogP contribution in [0, 0.1) is 0 Å². The van der Waals surface area contributed by atoms with Crippen LogP contribution < -0.4 is 5.32 Å². The molecule has 0 heterocycles. The van der Waals surface area contributed by atoms with Crippen molar-refractivity contribution in [2.45, 2.75) is 11.8 Å². The van der Waals surface area contributed by atoms with Crippen LogP contribution in [0.4, 0.5) is 0 Å². The number of rotatable bonds is 4. The molecule has 5 nitrogen and oxygen atoms in total. The third-order valence-electron chi connectivity index (χ3n) is 1.02. The van der Waals surface area contributed by atoms with E-state index >= 15 is 0 Å². The maximum absolute atomic E-state index is 10.8. The van der Waals surface area contributed by atoms with Gasteiger partial charge in [-0.3, -0.25) is 9.35 Å². The van der Waals surface area contributed by atoms with Crippen LogP contribution in [0.5, 0.6) is 0 Å². The Morgan fingerprint density at radius 2 is 2.17 bits per heavy atom. The predicted octanol–water partition coefficient (Wildman–Crippen LogP) is -0.226. The van der Waals surface area contributed by atoms with Crippen molar-refractivity contribution in [1.29, 1.82) is 0 Å². The Morgan fingerprint density at radius 1 is 1.67 bits per heavy atom. The number of hydrogen-bond acceptors (Lipinski definition) is 3. The topological polar surface area (TPSA) is 83.5 Å². The number of amides is 1. The van der Waals surface area contributed by atoms with Gasteiger partial charge in [0.15, 0.2) is 0 Å². The molecule has 0 aromatic heterocycles. The van der Waals surface area contributed by atoms with E-state index in [1.165, 1.54) is 0 Å². The second-order valence-electron chi connectivity index (χ2n) is 2.19. The second-order valence-corrected chi connectivity index (χ2v) is 5.14. The molecular weight excluding hydrogens is 250 g/mol. The highest BCUT2D eigenvalue weighted by Gasteiger charge is 2.09. The summed E-state index contributed by atoms with van der Waals surface area (Å²) in [6.07, 6.45) is 0. The first-order valence-electron chi connectivity index (χ1n) is 3.20. The van der Waals surface area contributed by atoms with E-state index in [9.17, 15) is 13.2 Å². The maximum atomic E-state index is 10.8. The minimum atomic E-state index is -3.98. The minimum Gasteiger partial charge on any atom is -0.354 e. The Bertz CT molecular complexity index is 248. The Balaban J connectivity index is 3.66. The van der Waals surface area contributed by atoms with Gasteiger partial charge in [-0.05, 0) is 6.92 Å². The molecule has 1 amide bonds. The molecule has 1 unspecified atom stereocenters. The van der Waals surface area contributed by atoms with E-state index in [0.29, 0.717) is 0 Å². The van der Waals surface area contributed by atoms with Crippen molar-refractivity contribution in [2.24, 2.45) is 0 Å². The predicted molar refractivity (Wildman–Crippen MR) is 47.8 cm³/mol. The van der Waals surface area contributed by atoms with Gasteiger partial charge in [-0.25, -0.2) is 0 Å². The zero-order valence-electron chi connectivity index (χ0n) is 6.45. The van der Waals surface area contributed by atoms with Gasteiger partial charge in [-0.2, -0.15) is 8.42 Å². The van der Waals surface area contributed by atoms with Crippen LogP contribution in [0.2, 0.25) is 0 Å². The van der Waals surface area contributed by atoms with Gasteiger partial charge in [0.05, 0.1) is 10.6 Å². The molecule has 0 rings (SSSR count). The Morgan fingerprint density at radius 3 is 2.50 bits per heavy atom. The Hall–Kier alpha value is -0.140. The molecule has 0 saturated heterocycles. The standard InChI is InChI=1S/C5H10BrNO4S/c1-4(6)5(8)7-2-3-12(9,10)11/h4H,2-3H2,1H3,(H,7,8)(H,9,10,11). The molecule has 72 valence electrons. The SMILES string of the molecule is CC(Br)C(=O)NCCS(=O)(=O)O. The van der Waals surface area contributed by atoms with E-state index in [1.807, 2.05) is 0 Å². The number of nitrogens with one attached hydrogen (secondary N) is 1. The first kappa shape index (κ1) is 11.9. The summed E-state index contributed by atoms with van der Waals surface area (Å²) in [7, 11) is -3.98. The zero-order valence-corrected chi connectivity index (χ0v) is 8.85. The molecule has 0 aromatic carbocycles. The fourth-order valence-corrected chi connectivity index (χ4v) is 0.966. The molecule has 1 atom stereocenters. The van der Waals surface area contributed by atoms with Crippen molar-refractivity contribution in [3.05, 3.63) is 0 Å². The summed E-state index contributed by atoms with van der Waals surface area (Å²) in [5, 5.41) is 2.31. The summed E-state index contributed by atoms with van der Waals surface area (Å²) in [4.78, 5) is 10.4. The van der Waals surface area contributed by atoms with Crippen LogP contribution in [0.1, 0.15) is 6.92 Å². The normalized spacial score (nSPS) is 13.9. The third kappa shape index (κ3) is 6.56. The molecule has 0 radical (unpaired) electrons. The van der Waals surface area contributed by atoms with Gasteiger partial charge in [-0.1, -0.05) is 15.9 Å². The summed E-state index contributed by atoms with van der Waals surface area (Å²) in [5.74, 6) is -0.767. The first-order chi connectivity index (χ1) is 5.33. The molecule has 0 aliphatic rings. The number of hydrogen-bond donors (Lipinski definition) is 2. The highest BCUT2D eigenvalue weighted by Crippen LogP contribution is 1.95. The van der Waals surface area contributed by atoms with Crippen molar-refractivity contribution in [3.63, 3.8) is 0 Å². The first-order valence-corrected chi connectivity index (χ1v) is 5.72. The quantitative estimate of drug-likeness (QED) is 0.540. The van der Waals surface area contributed by atoms with E-state index in [1.54, 1.807) is 6.92 Å². The fraction of sp³-hybridized carbons (Fsp3) is 0.800. The van der Waals surface area contributed by atoms with E-state index in [0.717, 1.165) is 0 Å². The smallest absolute Gasteiger partial charge is 0.266 e. The molecule has 0 aromatic rings. The lowest BCUT2D eigenvalue weighted by atomic mass is 10.4. The van der Waals surface area contributed by atoms with Gasteiger partial charge < -0.3 is 5.32 Å². The average Bonchev–Trinajstić information content (AvgIpc) is 1.84. The number of halogens is 1. The fourth-order valence-electron chi connectivity index (χ4n) is 0.444. The number of alkyl halides is 1. The molecule has 0 fully saturated rings. The lowest BCUT2D eigenvalue weighted by molar-refractivity contribution is -0.120. The molecule has 0 aliphatic carbocycles. The molecule has 7 heteroatoms. The number of carbonyl (C=O) groups is 1. The van der Waals surface area contributed by atoms with Crippen LogP contribution in [0.25, 0.3) is 0 Å². The molecule has 0 spiro atoms. The lowest BCUT2D eigenvalue weighted by Crippen LogP contribution is -2.33. The Kier molecular flexibility index (Phi) is 4.73. The second kappa shape index (κ2) is 4.78. The zero-order chi connectivity index (χ0) is 9.78. The van der Waals surface area contributed by atoms with Gasteiger partial charge >= 0.3 is 0 Å². The van der Waals surface area contributed by atoms with E-state index in [4.69, 9.17) is 4.55 Å². The van der Waals surface area contributed by atoms with Crippen LogP contribution >= 0.6 is 15.9 Å². The lowest BCUT2D eigenvalue weighted by Gasteiger charge is -2.04. The Labute approximate surface area is 79.4 Å². The van der Waals surface area contributed by atoms with Gasteiger partial charge in [0.2, 0.25) is 5.91 Å². The highest BCUT2D eigenvalue weighted by molar-refractivity contribution is 9.10. The molecular formula is C5H10BrNO4S. The van der Waals surface area contributed by atoms with Crippen molar-refractivity contribution in [1.82, 2.24) is 5.32 Å². The summed E-state index contributed by atoms with van der Waals surface area (Å²) in [6, 6.07) is 0. The van der Waals surface area contributed by atoms with Gasteiger partial charge in [-0.15, -0.1) is 0 Å². The van der Waals surface area contributed by atoms with Crippen molar-refractivity contribution < 1.29 is 17.8 Å². The van der Waals surface area contributed by atoms with Gasteiger partial charge in [0.25, 0.3) is 10.1 Å². The van der Waals surface area contributed by atoms with Crippen LogP contribution in [0.15, 0.2) is 0 Å². The number of carbonyl (C=O) groups excluding carboxylic acids is 1. The summed E-state index contributed by atoms with van der Waals surface area (Å²) >= 11 is 3.00. The van der Waals surface area contributed by atoms with Crippen LogP contribution in [-0.4, -0.2) is 36.0 Å². The minimum absolute atomic E-state index is 0.0758. The monoisotopic (exact) mass is 259 g/mol. The van der Waals surface area contributed by atoms with Crippen molar-refractivity contribution in [3.8, 4) is 0 Å². The molecule has 12 heavy (non-hydrogen) atoms.